The summed E-state index contributed by atoms with van der Waals surface area (Å²) in [5.41, 5.74) is 2.45. The van der Waals surface area contributed by atoms with Crippen molar-refractivity contribution in [1.82, 2.24) is 4.90 Å². The number of carbonyl (C=O) groups excluding carboxylic acids is 3. The van der Waals surface area contributed by atoms with E-state index in [1.807, 2.05) is 31.2 Å². The highest BCUT2D eigenvalue weighted by Crippen LogP contribution is 2.32. The van der Waals surface area contributed by atoms with Crippen LogP contribution in [0.25, 0.3) is 6.08 Å². The van der Waals surface area contributed by atoms with Gasteiger partial charge in [-0.25, -0.2) is 0 Å². The topological polar surface area (TPSA) is 75.7 Å². The number of aryl methyl sites for hydroxylation is 1. The first kappa shape index (κ1) is 18.7. The molecule has 1 saturated heterocycles. The van der Waals surface area contributed by atoms with E-state index in [-0.39, 0.29) is 6.54 Å². The summed E-state index contributed by atoms with van der Waals surface area (Å²) in [5.74, 6) is -0.240. The third kappa shape index (κ3) is 4.57. The average molecular weight is 382 g/mol. The number of rotatable bonds is 5. The van der Waals surface area contributed by atoms with Gasteiger partial charge in [-0.3, -0.25) is 19.3 Å². The molecule has 0 aromatic heterocycles. The van der Waals surface area contributed by atoms with Gasteiger partial charge < -0.3 is 10.1 Å². The molecule has 3 rings (SSSR count). The first-order valence-electron chi connectivity index (χ1n) is 8.22. The van der Waals surface area contributed by atoms with Crippen molar-refractivity contribution in [3.63, 3.8) is 0 Å². The van der Waals surface area contributed by atoms with Crippen LogP contribution in [0.15, 0.2) is 53.4 Å². The van der Waals surface area contributed by atoms with Crippen LogP contribution in [-0.2, 0) is 9.59 Å². The van der Waals surface area contributed by atoms with E-state index in [4.69, 9.17) is 4.74 Å². The Labute approximate surface area is 161 Å². The number of methoxy groups -OCH3 is 1. The van der Waals surface area contributed by atoms with Crippen LogP contribution in [0.1, 0.15) is 11.1 Å². The maximum absolute atomic E-state index is 12.5. The first-order valence-corrected chi connectivity index (χ1v) is 9.04. The minimum absolute atomic E-state index is 0.308. The monoisotopic (exact) mass is 382 g/mol. The number of nitrogens with one attached hydrogen (secondary N) is 1. The van der Waals surface area contributed by atoms with Crippen molar-refractivity contribution in [2.45, 2.75) is 6.92 Å². The molecular weight excluding hydrogens is 364 g/mol. The molecule has 0 radical (unpaired) electrons. The zero-order valence-electron chi connectivity index (χ0n) is 14.9. The molecule has 7 heteroatoms. The number of thioether (sulfide) groups is 1. The molecule has 0 aliphatic carbocycles. The van der Waals surface area contributed by atoms with Gasteiger partial charge in [0, 0.05) is 5.69 Å². The highest BCUT2D eigenvalue weighted by Gasteiger charge is 2.36. The quantitative estimate of drug-likeness (QED) is 0.799. The number of hydrogen-bond acceptors (Lipinski definition) is 5. The van der Waals surface area contributed by atoms with Crippen molar-refractivity contribution in [2.24, 2.45) is 0 Å². The lowest BCUT2D eigenvalue weighted by molar-refractivity contribution is -0.127. The van der Waals surface area contributed by atoms with E-state index in [1.165, 1.54) is 0 Å². The van der Waals surface area contributed by atoms with E-state index < -0.39 is 17.1 Å². The van der Waals surface area contributed by atoms with Gasteiger partial charge in [-0.15, -0.1) is 0 Å². The summed E-state index contributed by atoms with van der Waals surface area (Å²) in [6.07, 6.45) is 1.67. The van der Waals surface area contributed by atoms with E-state index in [2.05, 4.69) is 5.32 Å². The van der Waals surface area contributed by atoms with E-state index in [9.17, 15) is 14.4 Å². The van der Waals surface area contributed by atoms with Crippen LogP contribution in [0, 0.1) is 6.92 Å². The third-order valence-corrected chi connectivity index (χ3v) is 4.80. The van der Waals surface area contributed by atoms with Gasteiger partial charge in [-0.2, -0.15) is 0 Å². The van der Waals surface area contributed by atoms with E-state index >= 15 is 0 Å². The van der Waals surface area contributed by atoms with Crippen LogP contribution in [0.3, 0.4) is 0 Å². The second-order valence-electron chi connectivity index (χ2n) is 5.96. The number of carbonyl (C=O) groups is 3. The molecule has 0 spiro atoms. The van der Waals surface area contributed by atoms with Crippen LogP contribution in [0.2, 0.25) is 0 Å². The molecule has 1 heterocycles. The van der Waals surface area contributed by atoms with Gasteiger partial charge >= 0.3 is 0 Å². The van der Waals surface area contributed by atoms with Gasteiger partial charge in [-0.1, -0.05) is 29.8 Å². The summed E-state index contributed by atoms with van der Waals surface area (Å²) in [4.78, 5) is 38.1. The number of nitrogens with zero attached hydrogens (tertiary/aromatic N) is 1. The summed E-state index contributed by atoms with van der Waals surface area (Å²) in [7, 11) is 1.55. The summed E-state index contributed by atoms with van der Waals surface area (Å²) in [5, 5.41) is 2.21. The van der Waals surface area contributed by atoms with Gasteiger partial charge in [0.25, 0.3) is 11.1 Å². The van der Waals surface area contributed by atoms with Gasteiger partial charge in [0.05, 0.1) is 12.0 Å². The van der Waals surface area contributed by atoms with Gasteiger partial charge in [0.2, 0.25) is 5.91 Å². The SMILES string of the molecule is COc1ccc(NC(=O)CN2C(=O)SC(=Cc3cccc(C)c3)C2=O)cc1. The van der Waals surface area contributed by atoms with Gasteiger partial charge in [0.15, 0.2) is 0 Å². The summed E-state index contributed by atoms with van der Waals surface area (Å²) >= 11 is 0.838. The average Bonchev–Trinajstić information content (AvgIpc) is 2.90. The Balaban J connectivity index is 1.67. The maximum atomic E-state index is 12.5. The molecular formula is C20H18N2O4S. The number of ether oxygens (including phenoxy) is 1. The number of amides is 3. The minimum atomic E-state index is -0.462. The Hall–Kier alpha value is -3.06. The van der Waals surface area contributed by atoms with Crippen LogP contribution in [0.5, 0.6) is 5.75 Å². The third-order valence-electron chi connectivity index (χ3n) is 3.89. The second kappa shape index (κ2) is 8.09. The van der Waals surface area contributed by atoms with Gasteiger partial charge in [0.1, 0.15) is 12.3 Å². The Bertz CT molecular complexity index is 922. The van der Waals surface area contributed by atoms with Crippen molar-refractivity contribution in [2.75, 3.05) is 19.0 Å². The lowest BCUT2D eigenvalue weighted by Gasteiger charge is -2.12. The van der Waals surface area contributed by atoms with Crippen molar-refractivity contribution in [3.8, 4) is 5.75 Å². The molecule has 138 valence electrons. The maximum Gasteiger partial charge on any atom is 0.294 e. The fourth-order valence-electron chi connectivity index (χ4n) is 2.57. The molecule has 2 aromatic carbocycles. The lowest BCUT2D eigenvalue weighted by atomic mass is 10.1. The molecule has 1 fully saturated rings. The largest absolute Gasteiger partial charge is 0.497 e. The molecule has 1 N–H and O–H groups in total. The molecule has 27 heavy (non-hydrogen) atoms. The number of benzene rings is 2. The fraction of sp³-hybridized carbons (Fsp3) is 0.150. The van der Waals surface area contributed by atoms with Crippen molar-refractivity contribution >= 4 is 40.6 Å². The number of imide groups is 1. The Kier molecular flexibility index (Phi) is 5.61. The lowest BCUT2D eigenvalue weighted by Crippen LogP contribution is -2.36. The zero-order valence-corrected chi connectivity index (χ0v) is 15.7. The molecule has 6 nitrogen and oxygen atoms in total. The molecule has 0 bridgehead atoms. The molecule has 1 aliphatic heterocycles. The molecule has 2 aromatic rings. The summed E-state index contributed by atoms with van der Waals surface area (Å²) in [6.45, 7) is 1.62. The molecule has 1 aliphatic rings. The minimum Gasteiger partial charge on any atom is -0.497 e. The van der Waals surface area contributed by atoms with Crippen LogP contribution >= 0.6 is 11.8 Å². The predicted molar refractivity (Wildman–Crippen MR) is 105 cm³/mol. The van der Waals surface area contributed by atoms with Gasteiger partial charge in [-0.05, 0) is 54.6 Å². The standard InChI is InChI=1S/C20H18N2O4S/c1-13-4-3-5-14(10-13)11-17-19(24)22(20(25)27-17)12-18(23)21-15-6-8-16(26-2)9-7-15/h3-11H,12H2,1-2H3,(H,21,23). The van der Waals surface area contributed by atoms with Crippen molar-refractivity contribution < 1.29 is 19.1 Å². The molecule has 0 unspecified atom stereocenters. The predicted octanol–water partition coefficient (Wildman–Crippen LogP) is 3.68. The Morgan fingerprint density at radius 1 is 1.19 bits per heavy atom. The van der Waals surface area contributed by atoms with E-state index in [0.29, 0.717) is 16.3 Å². The molecule has 0 saturated carbocycles. The normalized spacial score (nSPS) is 15.3. The highest BCUT2D eigenvalue weighted by molar-refractivity contribution is 8.18. The van der Waals surface area contributed by atoms with E-state index in [1.54, 1.807) is 37.5 Å². The molecule has 0 atom stereocenters. The van der Waals surface area contributed by atoms with Crippen molar-refractivity contribution in [3.05, 3.63) is 64.6 Å². The number of hydrogen-bond donors (Lipinski definition) is 1. The number of anilines is 1. The van der Waals surface area contributed by atoms with E-state index in [0.717, 1.165) is 27.8 Å². The zero-order chi connectivity index (χ0) is 19.4. The Morgan fingerprint density at radius 2 is 1.93 bits per heavy atom. The summed E-state index contributed by atoms with van der Waals surface area (Å²) < 4.78 is 5.06. The first-order chi connectivity index (χ1) is 13.0. The van der Waals surface area contributed by atoms with Crippen LogP contribution in [-0.4, -0.2) is 35.6 Å². The Morgan fingerprint density at radius 3 is 2.59 bits per heavy atom. The smallest absolute Gasteiger partial charge is 0.294 e. The fourth-order valence-corrected chi connectivity index (χ4v) is 3.40. The highest BCUT2D eigenvalue weighted by atomic mass is 32.2. The van der Waals surface area contributed by atoms with Crippen LogP contribution in [0.4, 0.5) is 10.5 Å². The second-order valence-corrected chi connectivity index (χ2v) is 6.95. The molecule has 3 amide bonds. The van der Waals surface area contributed by atoms with Crippen molar-refractivity contribution in [1.29, 1.82) is 0 Å². The summed E-state index contributed by atoms with van der Waals surface area (Å²) in [6, 6.07) is 14.4. The van der Waals surface area contributed by atoms with Crippen LogP contribution < -0.4 is 10.1 Å².